The van der Waals surface area contributed by atoms with Crippen LogP contribution in [0.3, 0.4) is 0 Å². The molecule has 0 spiro atoms. The van der Waals surface area contributed by atoms with E-state index >= 15 is 0 Å². The van der Waals surface area contributed by atoms with Crippen LogP contribution in [0.4, 0.5) is 4.39 Å². The van der Waals surface area contributed by atoms with Gasteiger partial charge in [0, 0.05) is 5.56 Å². The van der Waals surface area contributed by atoms with Crippen LogP contribution in [0.25, 0.3) is 22.0 Å². The van der Waals surface area contributed by atoms with Crippen LogP contribution in [0.2, 0.25) is 0 Å². The van der Waals surface area contributed by atoms with Crippen molar-refractivity contribution in [3.8, 4) is 38.9 Å². The standard InChI is InChI=1S/C17H16FN5O3S/c1-25-16-20-8-19-14(21-16)9-5-6-10(12(24)7-9)15-22-23-17(27-15)26-13-4-2-3-11(13)18/h5-8,11,13,24H,2-4H2,1H3/t11-,13+/m1/s1. The smallest absolute Gasteiger partial charge is 0.319 e. The van der Waals surface area contributed by atoms with E-state index in [1.54, 1.807) is 12.1 Å². The minimum absolute atomic E-state index is 0.00110. The number of phenolic OH excluding ortho intramolecular Hbond substituents is 1. The first kappa shape index (κ1) is 17.5. The molecule has 0 bridgehead atoms. The van der Waals surface area contributed by atoms with Crippen molar-refractivity contribution >= 4 is 11.3 Å². The normalized spacial score (nSPS) is 19.2. The van der Waals surface area contributed by atoms with Gasteiger partial charge in [0.2, 0.25) is 0 Å². The molecule has 0 radical (unpaired) electrons. The van der Waals surface area contributed by atoms with Gasteiger partial charge in [0.1, 0.15) is 24.4 Å². The molecule has 1 N–H and O–H groups in total. The number of methoxy groups -OCH3 is 1. The fraction of sp³-hybridized carbons (Fsp3) is 0.353. The average molecular weight is 389 g/mol. The van der Waals surface area contributed by atoms with Crippen molar-refractivity contribution in [3.05, 3.63) is 24.5 Å². The fourth-order valence-corrected chi connectivity index (χ4v) is 3.66. The Morgan fingerprint density at radius 1 is 1.22 bits per heavy atom. The summed E-state index contributed by atoms with van der Waals surface area (Å²) >= 11 is 1.16. The molecule has 2 aromatic heterocycles. The van der Waals surface area contributed by atoms with E-state index in [4.69, 9.17) is 9.47 Å². The van der Waals surface area contributed by atoms with E-state index in [1.165, 1.54) is 19.5 Å². The number of alkyl halides is 1. The lowest BCUT2D eigenvalue weighted by atomic mass is 10.1. The lowest BCUT2D eigenvalue weighted by molar-refractivity contribution is 0.124. The molecule has 1 aromatic carbocycles. The number of hydrogen-bond donors (Lipinski definition) is 1. The minimum Gasteiger partial charge on any atom is -0.507 e. The van der Waals surface area contributed by atoms with E-state index in [0.717, 1.165) is 17.8 Å². The molecule has 140 valence electrons. The molecule has 1 fully saturated rings. The highest BCUT2D eigenvalue weighted by atomic mass is 32.1. The number of nitrogens with zero attached hydrogens (tertiary/aromatic N) is 5. The highest BCUT2D eigenvalue weighted by Crippen LogP contribution is 2.37. The molecule has 0 aliphatic heterocycles. The molecule has 2 heterocycles. The van der Waals surface area contributed by atoms with Crippen molar-refractivity contribution in [2.24, 2.45) is 0 Å². The topological polar surface area (TPSA) is 103 Å². The summed E-state index contributed by atoms with van der Waals surface area (Å²) in [5, 5.41) is 19.2. The van der Waals surface area contributed by atoms with Crippen LogP contribution in [0.5, 0.6) is 17.0 Å². The molecule has 1 saturated carbocycles. The van der Waals surface area contributed by atoms with Gasteiger partial charge in [-0.3, -0.25) is 0 Å². The summed E-state index contributed by atoms with van der Waals surface area (Å²) < 4.78 is 24.3. The second-order valence-corrected chi connectivity index (χ2v) is 6.94. The Labute approximate surface area is 158 Å². The van der Waals surface area contributed by atoms with Crippen molar-refractivity contribution in [2.45, 2.75) is 31.5 Å². The lowest BCUT2D eigenvalue weighted by Gasteiger charge is -2.11. The molecule has 1 aliphatic rings. The maximum absolute atomic E-state index is 13.7. The van der Waals surface area contributed by atoms with Gasteiger partial charge in [0.15, 0.2) is 10.8 Å². The van der Waals surface area contributed by atoms with Crippen LogP contribution in [-0.4, -0.2) is 49.6 Å². The molecule has 3 aromatic rings. The second-order valence-electron chi connectivity index (χ2n) is 6.00. The molecule has 2 atom stereocenters. The minimum atomic E-state index is -0.970. The number of ether oxygens (including phenoxy) is 2. The van der Waals surface area contributed by atoms with Gasteiger partial charge >= 0.3 is 6.01 Å². The maximum Gasteiger partial charge on any atom is 0.319 e. The zero-order chi connectivity index (χ0) is 18.8. The number of halogens is 1. The van der Waals surface area contributed by atoms with Gasteiger partial charge in [-0.2, -0.15) is 9.97 Å². The van der Waals surface area contributed by atoms with E-state index in [-0.39, 0.29) is 11.8 Å². The summed E-state index contributed by atoms with van der Waals surface area (Å²) in [5.41, 5.74) is 1.10. The Bertz CT molecular complexity index is 954. The van der Waals surface area contributed by atoms with E-state index in [9.17, 15) is 9.50 Å². The molecule has 10 heteroatoms. The average Bonchev–Trinajstić information content (AvgIpc) is 3.31. The van der Waals surface area contributed by atoms with Gasteiger partial charge in [-0.1, -0.05) is 22.5 Å². The summed E-state index contributed by atoms with van der Waals surface area (Å²) in [5.74, 6) is 0.374. The summed E-state index contributed by atoms with van der Waals surface area (Å²) in [6.45, 7) is 0. The van der Waals surface area contributed by atoms with Gasteiger partial charge in [0.05, 0.1) is 12.7 Å². The molecular weight excluding hydrogens is 373 g/mol. The van der Waals surface area contributed by atoms with Crippen molar-refractivity contribution in [2.75, 3.05) is 7.11 Å². The predicted molar refractivity (Wildman–Crippen MR) is 95.5 cm³/mol. The van der Waals surface area contributed by atoms with Crippen molar-refractivity contribution in [1.82, 2.24) is 25.1 Å². The molecular formula is C17H16FN5O3S. The molecule has 0 amide bonds. The van der Waals surface area contributed by atoms with Crippen molar-refractivity contribution < 1.29 is 19.0 Å². The molecule has 4 rings (SSSR count). The summed E-state index contributed by atoms with van der Waals surface area (Å²) in [4.78, 5) is 12.1. The van der Waals surface area contributed by atoms with Gasteiger partial charge in [-0.05, 0) is 31.4 Å². The van der Waals surface area contributed by atoms with Crippen LogP contribution < -0.4 is 9.47 Å². The Balaban J connectivity index is 1.56. The monoisotopic (exact) mass is 389 g/mol. The van der Waals surface area contributed by atoms with Crippen LogP contribution in [-0.2, 0) is 0 Å². The van der Waals surface area contributed by atoms with E-state index in [1.807, 2.05) is 0 Å². The zero-order valence-corrected chi connectivity index (χ0v) is 15.2. The first-order valence-corrected chi connectivity index (χ1v) is 9.16. The summed E-state index contributed by atoms with van der Waals surface area (Å²) in [6, 6.07) is 5.16. The highest BCUT2D eigenvalue weighted by Gasteiger charge is 2.29. The Morgan fingerprint density at radius 2 is 2.11 bits per heavy atom. The second kappa shape index (κ2) is 7.39. The van der Waals surface area contributed by atoms with Gasteiger partial charge in [0.25, 0.3) is 5.19 Å². The third-order valence-electron chi connectivity index (χ3n) is 4.25. The fourth-order valence-electron chi connectivity index (χ4n) is 2.88. The number of aromatic nitrogens is 5. The highest BCUT2D eigenvalue weighted by molar-refractivity contribution is 7.16. The molecule has 1 aliphatic carbocycles. The summed E-state index contributed by atoms with van der Waals surface area (Å²) in [7, 11) is 1.46. The third kappa shape index (κ3) is 3.65. The quantitative estimate of drug-likeness (QED) is 0.710. The largest absolute Gasteiger partial charge is 0.507 e. The van der Waals surface area contributed by atoms with Crippen LogP contribution >= 0.6 is 11.3 Å². The van der Waals surface area contributed by atoms with Gasteiger partial charge < -0.3 is 14.6 Å². The van der Waals surface area contributed by atoms with Gasteiger partial charge in [-0.15, -0.1) is 5.10 Å². The summed E-state index contributed by atoms with van der Waals surface area (Å²) in [6.07, 6.45) is 1.89. The Hall–Kier alpha value is -2.88. The third-order valence-corrected chi connectivity index (χ3v) is 5.10. The van der Waals surface area contributed by atoms with Crippen LogP contribution in [0.1, 0.15) is 19.3 Å². The zero-order valence-electron chi connectivity index (χ0n) is 14.4. The molecule has 8 nitrogen and oxygen atoms in total. The molecule has 0 saturated heterocycles. The van der Waals surface area contributed by atoms with E-state index in [0.29, 0.717) is 40.0 Å². The van der Waals surface area contributed by atoms with Crippen LogP contribution in [0.15, 0.2) is 24.5 Å². The van der Waals surface area contributed by atoms with Crippen molar-refractivity contribution in [3.63, 3.8) is 0 Å². The molecule has 0 unspecified atom stereocenters. The van der Waals surface area contributed by atoms with Gasteiger partial charge in [-0.25, -0.2) is 9.37 Å². The first-order valence-electron chi connectivity index (χ1n) is 8.35. The molecule has 27 heavy (non-hydrogen) atoms. The number of aromatic hydroxyl groups is 1. The number of benzene rings is 1. The maximum atomic E-state index is 13.7. The SMILES string of the molecule is COc1ncnc(-c2ccc(-c3nnc(O[C@H]4CCC[C@H]4F)s3)c(O)c2)n1. The van der Waals surface area contributed by atoms with Crippen molar-refractivity contribution in [1.29, 1.82) is 0 Å². The number of hydrogen-bond acceptors (Lipinski definition) is 9. The number of rotatable bonds is 5. The Kier molecular flexibility index (Phi) is 4.80. The predicted octanol–water partition coefficient (Wildman–Crippen LogP) is 3.04. The van der Waals surface area contributed by atoms with E-state index in [2.05, 4.69) is 25.1 Å². The van der Waals surface area contributed by atoms with Crippen LogP contribution in [0, 0.1) is 0 Å². The lowest BCUT2D eigenvalue weighted by Crippen LogP contribution is -2.22. The van der Waals surface area contributed by atoms with E-state index < -0.39 is 12.3 Å². The Morgan fingerprint density at radius 3 is 2.85 bits per heavy atom. The number of phenols is 1. The first-order chi connectivity index (χ1) is 13.1.